The second kappa shape index (κ2) is 1.60. The molecular weight excluding hydrogens is 95.1 g/mol. The highest BCUT2D eigenvalue weighted by Crippen LogP contribution is 2.27. The topological polar surface area (TPSA) is 17.1 Å². The van der Waals surface area contributed by atoms with Crippen LogP contribution in [-0.4, -0.2) is 12.5 Å². The molecule has 0 spiro atoms. The fourth-order valence-corrected chi connectivity index (χ4v) is 0.699. The van der Waals surface area contributed by atoms with E-state index in [-0.39, 0.29) is 5.92 Å². The second-order valence-corrected chi connectivity index (χ2v) is 1.96. The third-order valence-electron chi connectivity index (χ3n) is 1.31. The minimum Gasteiger partial charge on any atom is -0.303 e. The lowest BCUT2D eigenvalue weighted by atomic mass is 9.85. The molecule has 1 aliphatic carbocycles. The van der Waals surface area contributed by atoms with Gasteiger partial charge in [-0.25, -0.2) is 4.39 Å². The fourth-order valence-electron chi connectivity index (χ4n) is 0.699. The van der Waals surface area contributed by atoms with Crippen LogP contribution in [0.1, 0.15) is 12.8 Å². The van der Waals surface area contributed by atoms with Crippen LogP contribution in [-0.2, 0) is 4.79 Å². The highest BCUT2D eigenvalue weighted by Gasteiger charge is 2.27. The van der Waals surface area contributed by atoms with E-state index < -0.39 is 6.17 Å². The van der Waals surface area contributed by atoms with Gasteiger partial charge in [-0.1, -0.05) is 0 Å². The lowest BCUT2D eigenvalue weighted by Gasteiger charge is -2.23. The van der Waals surface area contributed by atoms with Crippen LogP contribution in [0.15, 0.2) is 0 Å². The van der Waals surface area contributed by atoms with Gasteiger partial charge in [0.2, 0.25) is 0 Å². The first kappa shape index (κ1) is 4.75. The number of hydrogen-bond acceptors (Lipinski definition) is 1. The molecule has 0 aromatic carbocycles. The predicted molar refractivity (Wildman–Crippen MR) is 23.7 cm³/mol. The molecule has 0 N–H and O–H groups in total. The van der Waals surface area contributed by atoms with E-state index in [9.17, 15) is 9.18 Å². The summed E-state index contributed by atoms with van der Waals surface area (Å²) in [4.78, 5) is 9.77. The molecule has 1 rings (SSSR count). The Morgan fingerprint density at radius 3 is 2.29 bits per heavy atom. The Balaban J connectivity index is 2.17. The van der Waals surface area contributed by atoms with Crippen molar-refractivity contribution in [2.75, 3.05) is 0 Å². The molecule has 0 bridgehead atoms. The summed E-state index contributed by atoms with van der Waals surface area (Å²) in [6.45, 7) is 0. The quantitative estimate of drug-likeness (QED) is 0.450. The van der Waals surface area contributed by atoms with Crippen molar-refractivity contribution in [2.24, 2.45) is 5.92 Å². The van der Waals surface area contributed by atoms with Crippen LogP contribution in [0.5, 0.6) is 0 Å². The summed E-state index contributed by atoms with van der Waals surface area (Å²) in [5.41, 5.74) is 0. The molecule has 0 unspecified atom stereocenters. The molecule has 0 aromatic heterocycles. The van der Waals surface area contributed by atoms with Crippen molar-refractivity contribution in [3.63, 3.8) is 0 Å². The van der Waals surface area contributed by atoms with E-state index >= 15 is 0 Å². The third-order valence-corrected chi connectivity index (χ3v) is 1.31. The molecule has 40 valence electrons. The SMILES string of the molecule is O=C[C@H]1C[C@H](F)C1. The number of hydrogen-bond donors (Lipinski definition) is 0. The monoisotopic (exact) mass is 102 g/mol. The Labute approximate surface area is 41.5 Å². The lowest BCUT2D eigenvalue weighted by molar-refractivity contribution is -0.115. The van der Waals surface area contributed by atoms with Crippen LogP contribution in [0.3, 0.4) is 0 Å². The maximum atomic E-state index is 11.8. The van der Waals surface area contributed by atoms with Gasteiger partial charge in [0.25, 0.3) is 0 Å². The molecule has 2 heteroatoms. The summed E-state index contributed by atoms with van der Waals surface area (Å²) in [7, 11) is 0. The Morgan fingerprint density at radius 2 is 2.14 bits per heavy atom. The molecule has 0 saturated heterocycles. The third kappa shape index (κ3) is 0.787. The van der Waals surface area contributed by atoms with Crippen molar-refractivity contribution < 1.29 is 9.18 Å². The minimum absolute atomic E-state index is 0.0370. The number of aldehydes is 1. The van der Waals surface area contributed by atoms with E-state index in [1.165, 1.54) is 0 Å². The standard InChI is InChI=1S/C5H7FO/c6-5-1-4(2-5)3-7/h3-5H,1-2H2/t4-,5-. The first-order valence-electron chi connectivity index (χ1n) is 2.42. The van der Waals surface area contributed by atoms with Crippen molar-refractivity contribution >= 4 is 6.29 Å². The molecule has 0 atom stereocenters. The first-order valence-corrected chi connectivity index (χ1v) is 2.42. The Kier molecular flexibility index (Phi) is 1.09. The summed E-state index contributed by atoms with van der Waals surface area (Å²) < 4.78 is 11.8. The van der Waals surface area contributed by atoms with Gasteiger partial charge < -0.3 is 4.79 Å². The zero-order chi connectivity index (χ0) is 5.28. The fraction of sp³-hybridized carbons (Fsp3) is 0.800. The summed E-state index contributed by atoms with van der Waals surface area (Å²) in [6.07, 6.45) is 1.07. The molecule has 7 heavy (non-hydrogen) atoms. The molecular formula is C5H7FO. The van der Waals surface area contributed by atoms with Gasteiger partial charge in [-0.2, -0.15) is 0 Å². The van der Waals surface area contributed by atoms with Crippen LogP contribution >= 0.6 is 0 Å². The summed E-state index contributed by atoms with van der Waals surface area (Å²) in [5.74, 6) is 0.0370. The van der Waals surface area contributed by atoms with E-state index in [0.29, 0.717) is 12.8 Å². The van der Waals surface area contributed by atoms with E-state index in [2.05, 4.69) is 0 Å². The molecule has 0 radical (unpaired) electrons. The number of halogens is 1. The summed E-state index contributed by atoms with van der Waals surface area (Å²) in [6, 6.07) is 0. The molecule has 0 aromatic rings. The number of carbonyl (C=O) groups is 1. The second-order valence-electron chi connectivity index (χ2n) is 1.96. The smallest absolute Gasteiger partial charge is 0.123 e. The average Bonchev–Trinajstić information content (AvgIpc) is 1.58. The van der Waals surface area contributed by atoms with Crippen LogP contribution in [0.4, 0.5) is 4.39 Å². The van der Waals surface area contributed by atoms with Crippen LogP contribution < -0.4 is 0 Å². The van der Waals surface area contributed by atoms with E-state index in [4.69, 9.17) is 0 Å². The lowest BCUT2D eigenvalue weighted by Crippen LogP contribution is -2.25. The van der Waals surface area contributed by atoms with E-state index in [0.717, 1.165) is 6.29 Å². The van der Waals surface area contributed by atoms with Gasteiger partial charge in [0.15, 0.2) is 0 Å². The molecule has 1 saturated carbocycles. The van der Waals surface area contributed by atoms with E-state index in [1.807, 2.05) is 0 Å². The van der Waals surface area contributed by atoms with Crippen LogP contribution in [0, 0.1) is 5.92 Å². The number of alkyl halides is 1. The maximum absolute atomic E-state index is 11.8. The molecule has 1 aliphatic rings. The van der Waals surface area contributed by atoms with Crippen molar-refractivity contribution in [3.05, 3.63) is 0 Å². The molecule has 1 nitrogen and oxygen atoms in total. The van der Waals surface area contributed by atoms with Gasteiger partial charge in [0.1, 0.15) is 12.5 Å². The number of carbonyl (C=O) groups excluding carboxylic acids is 1. The number of rotatable bonds is 1. The van der Waals surface area contributed by atoms with Gasteiger partial charge >= 0.3 is 0 Å². The minimum atomic E-state index is -0.685. The van der Waals surface area contributed by atoms with Crippen molar-refractivity contribution in [3.8, 4) is 0 Å². The predicted octanol–water partition coefficient (Wildman–Crippen LogP) is 0.933. The molecule has 1 fully saturated rings. The zero-order valence-electron chi connectivity index (χ0n) is 3.93. The van der Waals surface area contributed by atoms with E-state index in [1.54, 1.807) is 0 Å². The largest absolute Gasteiger partial charge is 0.303 e. The normalized spacial score (nSPS) is 39.6. The molecule has 0 amide bonds. The Hall–Kier alpha value is -0.400. The summed E-state index contributed by atoms with van der Waals surface area (Å²) in [5, 5.41) is 0. The van der Waals surface area contributed by atoms with Gasteiger partial charge in [-0.3, -0.25) is 0 Å². The maximum Gasteiger partial charge on any atom is 0.123 e. The van der Waals surface area contributed by atoms with Crippen molar-refractivity contribution in [1.82, 2.24) is 0 Å². The summed E-state index contributed by atoms with van der Waals surface area (Å²) >= 11 is 0. The van der Waals surface area contributed by atoms with Crippen LogP contribution in [0.25, 0.3) is 0 Å². The average molecular weight is 102 g/mol. The van der Waals surface area contributed by atoms with Gasteiger partial charge in [-0.05, 0) is 12.8 Å². The highest BCUT2D eigenvalue weighted by atomic mass is 19.1. The Morgan fingerprint density at radius 1 is 1.57 bits per heavy atom. The Bertz CT molecular complexity index is 76.1. The van der Waals surface area contributed by atoms with Gasteiger partial charge in [0, 0.05) is 5.92 Å². The van der Waals surface area contributed by atoms with Crippen molar-refractivity contribution in [2.45, 2.75) is 19.0 Å². The highest BCUT2D eigenvalue weighted by molar-refractivity contribution is 5.55. The van der Waals surface area contributed by atoms with Gasteiger partial charge in [0.05, 0.1) is 0 Å². The van der Waals surface area contributed by atoms with Crippen molar-refractivity contribution in [1.29, 1.82) is 0 Å². The van der Waals surface area contributed by atoms with Crippen LogP contribution in [0.2, 0.25) is 0 Å². The molecule has 0 heterocycles. The first-order chi connectivity index (χ1) is 3.33. The zero-order valence-corrected chi connectivity index (χ0v) is 3.93. The van der Waals surface area contributed by atoms with Gasteiger partial charge in [-0.15, -0.1) is 0 Å². The molecule has 0 aliphatic heterocycles.